The van der Waals surface area contributed by atoms with Crippen LogP contribution in [0.3, 0.4) is 0 Å². The summed E-state index contributed by atoms with van der Waals surface area (Å²) in [6.07, 6.45) is 4.28. The van der Waals surface area contributed by atoms with Gasteiger partial charge in [0.2, 0.25) is 16.7 Å². The van der Waals surface area contributed by atoms with E-state index in [2.05, 4.69) is 83.3 Å². The maximum absolute atomic E-state index is 5.21. The van der Waals surface area contributed by atoms with Crippen LogP contribution in [0, 0.1) is 0 Å². The average molecular weight is 312 g/mol. The number of pyridine rings is 2. The molecule has 2 heteroatoms. The van der Waals surface area contributed by atoms with Gasteiger partial charge in [-0.1, -0.05) is 24.3 Å². The predicted octanol–water partition coefficient (Wildman–Crippen LogP) is 4.76. The normalized spacial score (nSPS) is 11.4. The quantitative estimate of drug-likeness (QED) is 0.393. The van der Waals surface area contributed by atoms with Crippen molar-refractivity contribution in [2.45, 2.75) is 0 Å². The molecule has 0 saturated heterocycles. The van der Waals surface area contributed by atoms with Crippen LogP contribution in [-0.2, 0) is 0 Å². The largest absolute Gasteiger partial charge is 0.497 e. The lowest BCUT2D eigenvalue weighted by Crippen LogP contribution is -2.26. The summed E-state index contributed by atoms with van der Waals surface area (Å²) in [5.74, 6) is 0.873. The number of para-hydroxylation sites is 1. The van der Waals surface area contributed by atoms with Gasteiger partial charge in [-0.25, -0.2) is 0 Å². The van der Waals surface area contributed by atoms with Gasteiger partial charge in [0, 0.05) is 35.7 Å². The number of rotatable bonds is 3. The summed E-state index contributed by atoms with van der Waals surface area (Å²) in [4.78, 5) is 0. The van der Waals surface area contributed by atoms with Crippen LogP contribution in [0.4, 0.5) is 0 Å². The molecule has 2 nitrogen and oxygen atoms in total. The van der Waals surface area contributed by atoms with E-state index >= 15 is 0 Å². The minimum atomic E-state index is 0.873. The van der Waals surface area contributed by atoms with Gasteiger partial charge in [-0.3, -0.25) is 0 Å². The Bertz CT molecular complexity index is 1030. The summed E-state index contributed by atoms with van der Waals surface area (Å²) in [7, 11) is 1.68. The fraction of sp³-hybridized carbons (Fsp3) is 0.0455. The third-order valence-corrected chi connectivity index (χ3v) is 4.22. The fourth-order valence-corrected chi connectivity index (χ4v) is 2.99. The van der Waals surface area contributed by atoms with E-state index < -0.39 is 0 Å². The predicted molar refractivity (Wildman–Crippen MR) is 99.0 cm³/mol. The Morgan fingerprint density at radius 2 is 1.58 bits per heavy atom. The second kappa shape index (κ2) is 6.17. The van der Waals surface area contributed by atoms with E-state index in [0.29, 0.717) is 0 Å². The molecule has 0 N–H and O–H groups in total. The van der Waals surface area contributed by atoms with E-state index in [1.54, 1.807) is 7.11 Å². The van der Waals surface area contributed by atoms with Gasteiger partial charge in [0.1, 0.15) is 5.75 Å². The van der Waals surface area contributed by atoms with Crippen molar-refractivity contribution in [2.24, 2.45) is 0 Å². The van der Waals surface area contributed by atoms with Crippen LogP contribution in [0.25, 0.3) is 28.6 Å². The molecule has 24 heavy (non-hydrogen) atoms. The number of hydrogen-bond acceptors (Lipinski definition) is 1. The Morgan fingerprint density at radius 1 is 0.750 bits per heavy atom. The lowest BCUT2D eigenvalue weighted by molar-refractivity contribution is -0.484. The average Bonchev–Trinajstić information content (AvgIpc) is 2.66. The third-order valence-electron chi connectivity index (χ3n) is 4.22. The Balaban J connectivity index is 1.83. The highest BCUT2D eigenvalue weighted by molar-refractivity contribution is 5.78. The summed E-state index contributed by atoms with van der Waals surface area (Å²) in [5.41, 5.74) is 4.70. The number of fused-ring (bicyclic) bond motifs is 3. The molecule has 0 saturated carbocycles. The highest BCUT2D eigenvalue weighted by atomic mass is 16.5. The van der Waals surface area contributed by atoms with Gasteiger partial charge < -0.3 is 4.74 Å². The van der Waals surface area contributed by atoms with Crippen LogP contribution in [0.15, 0.2) is 78.9 Å². The van der Waals surface area contributed by atoms with Crippen LogP contribution in [0.1, 0.15) is 11.3 Å². The van der Waals surface area contributed by atoms with Gasteiger partial charge >= 0.3 is 0 Å². The van der Waals surface area contributed by atoms with Gasteiger partial charge in [-0.05, 0) is 42.0 Å². The van der Waals surface area contributed by atoms with E-state index in [4.69, 9.17) is 4.74 Å². The summed E-state index contributed by atoms with van der Waals surface area (Å²) in [6.45, 7) is 0. The van der Waals surface area contributed by atoms with Gasteiger partial charge in [0.05, 0.1) is 7.11 Å². The molecule has 0 aliphatic heterocycles. The van der Waals surface area contributed by atoms with Crippen LogP contribution in [0.5, 0.6) is 5.75 Å². The molecule has 2 aromatic heterocycles. The van der Waals surface area contributed by atoms with E-state index in [1.807, 2.05) is 12.1 Å². The summed E-state index contributed by atoms with van der Waals surface area (Å²) in [5, 5.41) is 1.24. The summed E-state index contributed by atoms with van der Waals surface area (Å²) < 4.78 is 7.50. The van der Waals surface area contributed by atoms with Crippen molar-refractivity contribution < 1.29 is 9.14 Å². The lowest BCUT2D eigenvalue weighted by atomic mass is 10.1. The Labute approximate surface area is 141 Å². The zero-order chi connectivity index (χ0) is 16.4. The van der Waals surface area contributed by atoms with Crippen molar-refractivity contribution in [3.8, 4) is 5.75 Å². The van der Waals surface area contributed by atoms with Gasteiger partial charge in [0.25, 0.3) is 0 Å². The van der Waals surface area contributed by atoms with Crippen LogP contribution in [-0.4, -0.2) is 7.11 Å². The molecule has 2 aromatic carbocycles. The maximum Gasteiger partial charge on any atom is 0.218 e. The van der Waals surface area contributed by atoms with Crippen molar-refractivity contribution in [3.63, 3.8) is 0 Å². The highest BCUT2D eigenvalue weighted by Crippen LogP contribution is 2.15. The molecule has 0 spiro atoms. The molecule has 0 atom stereocenters. The first-order valence-electron chi connectivity index (χ1n) is 8.00. The Kier molecular flexibility index (Phi) is 3.72. The lowest BCUT2D eigenvalue weighted by Gasteiger charge is -2.01. The second-order valence-corrected chi connectivity index (χ2v) is 5.71. The maximum atomic E-state index is 5.21. The molecular weight excluding hydrogens is 294 g/mol. The summed E-state index contributed by atoms with van der Waals surface area (Å²) >= 11 is 0. The molecule has 4 rings (SSSR count). The molecule has 0 amide bonds. The first kappa shape index (κ1) is 14.5. The molecule has 0 unspecified atom stereocenters. The molecular formula is C22H18NO+. The van der Waals surface area contributed by atoms with E-state index in [-0.39, 0.29) is 0 Å². The van der Waals surface area contributed by atoms with Gasteiger partial charge in [-0.15, -0.1) is 0 Å². The molecule has 4 aromatic rings. The molecule has 0 fully saturated rings. The number of methoxy groups -OCH3 is 1. The smallest absolute Gasteiger partial charge is 0.218 e. The molecule has 0 bridgehead atoms. The zero-order valence-corrected chi connectivity index (χ0v) is 13.5. The minimum Gasteiger partial charge on any atom is -0.497 e. The van der Waals surface area contributed by atoms with Crippen molar-refractivity contribution >= 4 is 28.6 Å². The molecule has 0 aliphatic carbocycles. The molecule has 116 valence electrons. The van der Waals surface area contributed by atoms with Crippen LogP contribution in [0.2, 0.25) is 0 Å². The number of aromatic nitrogens is 1. The van der Waals surface area contributed by atoms with E-state index in [1.165, 1.54) is 16.4 Å². The molecule has 0 radical (unpaired) electrons. The van der Waals surface area contributed by atoms with Gasteiger partial charge in [-0.2, -0.15) is 4.40 Å². The van der Waals surface area contributed by atoms with Crippen molar-refractivity contribution in [2.75, 3.05) is 7.11 Å². The minimum absolute atomic E-state index is 0.873. The number of hydrogen-bond donors (Lipinski definition) is 0. The van der Waals surface area contributed by atoms with Crippen molar-refractivity contribution in [1.29, 1.82) is 0 Å². The third kappa shape index (κ3) is 2.63. The fourth-order valence-electron chi connectivity index (χ4n) is 2.99. The highest BCUT2D eigenvalue weighted by Gasteiger charge is 2.11. The SMILES string of the molecule is COc1ccc(/C=C/c2cccc3ccc4ccccc4[n+]23)cc1. The molecule has 2 heterocycles. The zero-order valence-electron chi connectivity index (χ0n) is 13.5. The van der Waals surface area contributed by atoms with E-state index in [9.17, 15) is 0 Å². The number of ether oxygens (including phenoxy) is 1. The topological polar surface area (TPSA) is 13.3 Å². The summed E-state index contributed by atoms with van der Waals surface area (Å²) in [6, 6.07) is 27.2. The van der Waals surface area contributed by atoms with E-state index in [0.717, 1.165) is 17.0 Å². The second-order valence-electron chi connectivity index (χ2n) is 5.71. The first-order chi connectivity index (χ1) is 11.8. The molecule has 0 aliphatic rings. The number of benzene rings is 2. The standard InChI is InChI=1S/C22H18NO/c1-24-21-15-10-17(11-16-21)9-13-19-6-4-7-20-14-12-18-5-2-3-8-22(18)23(19)20/h2-16H,1H3/q+1/b13-9+. The Morgan fingerprint density at radius 3 is 2.42 bits per heavy atom. The van der Waals surface area contributed by atoms with Gasteiger partial charge in [0.15, 0.2) is 0 Å². The monoisotopic (exact) mass is 312 g/mol. The first-order valence-corrected chi connectivity index (χ1v) is 8.00. The number of nitrogens with zero attached hydrogens (tertiary/aromatic N) is 1. The van der Waals surface area contributed by atoms with Crippen LogP contribution < -0.4 is 9.14 Å². The van der Waals surface area contributed by atoms with Crippen molar-refractivity contribution in [1.82, 2.24) is 0 Å². The van der Waals surface area contributed by atoms with Crippen LogP contribution >= 0.6 is 0 Å². The Hall–Kier alpha value is -3.13. The van der Waals surface area contributed by atoms with Crippen molar-refractivity contribution in [3.05, 3.63) is 90.1 Å².